The summed E-state index contributed by atoms with van der Waals surface area (Å²) in [6.45, 7) is 2.42. The van der Waals surface area contributed by atoms with Gasteiger partial charge in [-0.05, 0) is 18.2 Å². The Morgan fingerprint density at radius 3 is 2.74 bits per heavy atom. The maximum absolute atomic E-state index is 12.7. The van der Waals surface area contributed by atoms with Gasteiger partial charge in [0.25, 0.3) is 5.69 Å². The van der Waals surface area contributed by atoms with E-state index >= 15 is 0 Å². The summed E-state index contributed by atoms with van der Waals surface area (Å²) in [5, 5.41) is 16.3. The lowest BCUT2D eigenvalue weighted by Gasteiger charge is -2.27. The van der Waals surface area contributed by atoms with Crippen LogP contribution >= 0.6 is 0 Å². The van der Waals surface area contributed by atoms with Crippen molar-refractivity contribution < 1.29 is 23.7 Å². The molecule has 178 valence electrons. The molecule has 0 radical (unpaired) electrons. The first-order valence-electron chi connectivity index (χ1n) is 10.9. The SMILES string of the molecule is O=C(N/N=C\c1cn(CC(=O)N2CCOCC2)c2ccccc12)c1cc2cc([N+](=O)[O-])ccc2o1. The first-order chi connectivity index (χ1) is 17.0. The Kier molecular flexibility index (Phi) is 5.98. The fourth-order valence-corrected chi connectivity index (χ4v) is 4.04. The molecule has 2 aromatic carbocycles. The van der Waals surface area contributed by atoms with Crippen molar-refractivity contribution in [2.24, 2.45) is 5.10 Å². The first-order valence-corrected chi connectivity index (χ1v) is 10.9. The van der Waals surface area contributed by atoms with Crippen molar-refractivity contribution in [3.8, 4) is 0 Å². The second kappa shape index (κ2) is 9.39. The number of aromatic nitrogens is 1. The van der Waals surface area contributed by atoms with Gasteiger partial charge in [-0.1, -0.05) is 18.2 Å². The van der Waals surface area contributed by atoms with Gasteiger partial charge in [0.2, 0.25) is 5.91 Å². The van der Waals surface area contributed by atoms with Gasteiger partial charge >= 0.3 is 5.91 Å². The van der Waals surface area contributed by atoms with E-state index in [1.54, 1.807) is 4.90 Å². The van der Waals surface area contributed by atoms with Gasteiger partial charge in [0.15, 0.2) is 5.76 Å². The quantitative estimate of drug-likeness (QED) is 0.259. The van der Waals surface area contributed by atoms with Crippen molar-refractivity contribution in [2.45, 2.75) is 6.54 Å². The maximum atomic E-state index is 12.7. The molecule has 4 aromatic rings. The van der Waals surface area contributed by atoms with Crippen LogP contribution in [0.15, 0.2) is 64.2 Å². The van der Waals surface area contributed by atoms with Crippen LogP contribution in [0.25, 0.3) is 21.9 Å². The minimum absolute atomic E-state index is 0.0102. The summed E-state index contributed by atoms with van der Waals surface area (Å²) >= 11 is 0. The third kappa shape index (κ3) is 4.62. The van der Waals surface area contributed by atoms with E-state index in [9.17, 15) is 19.7 Å². The van der Waals surface area contributed by atoms with Crippen LogP contribution in [0.1, 0.15) is 16.1 Å². The second-order valence-corrected chi connectivity index (χ2v) is 8.01. The van der Waals surface area contributed by atoms with Crippen LogP contribution in [0, 0.1) is 10.1 Å². The molecule has 1 saturated heterocycles. The number of nitrogens with zero attached hydrogens (tertiary/aromatic N) is 4. The molecule has 35 heavy (non-hydrogen) atoms. The number of carbonyl (C=O) groups excluding carboxylic acids is 2. The van der Waals surface area contributed by atoms with Crippen LogP contribution in [-0.2, 0) is 16.1 Å². The molecular weight excluding hydrogens is 454 g/mol. The van der Waals surface area contributed by atoms with Crippen molar-refractivity contribution in [3.05, 3.63) is 76.2 Å². The van der Waals surface area contributed by atoms with Gasteiger partial charge in [-0.3, -0.25) is 19.7 Å². The van der Waals surface area contributed by atoms with Gasteiger partial charge in [-0.2, -0.15) is 5.10 Å². The van der Waals surface area contributed by atoms with Crippen LogP contribution in [-0.4, -0.2) is 58.7 Å². The number of nitro groups is 1. The van der Waals surface area contributed by atoms with Crippen LogP contribution in [0.2, 0.25) is 0 Å². The van der Waals surface area contributed by atoms with Gasteiger partial charge in [0, 0.05) is 53.3 Å². The molecule has 0 aliphatic carbocycles. The number of ether oxygens (including phenoxy) is 1. The number of para-hydroxylation sites is 1. The van der Waals surface area contributed by atoms with E-state index in [-0.39, 0.29) is 23.9 Å². The summed E-state index contributed by atoms with van der Waals surface area (Å²) in [4.78, 5) is 37.4. The zero-order valence-electron chi connectivity index (χ0n) is 18.5. The van der Waals surface area contributed by atoms with E-state index in [2.05, 4.69) is 10.5 Å². The smallest absolute Gasteiger partial charge is 0.307 e. The number of hydrazone groups is 1. The largest absolute Gasteiger partial charge is 0.451 e. The second-order valence-electron chi connectivity index (χ2n) is 8.01. The minimum Gasteiger partial charge on any atom is -0.451 e. The summed E-state index contributed by atoms with van der Waals surface area (Å²) in [7, 11) is 0. The summed E-state index contributed by atoms with van der Waals surface area (Å²) in [6.07, 6.45) is 3.32. The number of benzene rings is 2. The number of nitrogens with one attached hydrogen (secondary N) is 1. The lowest BCUT2D eigenvalue weighted by Crippen LogP contribution is -2.42. The number of fused-ring (bicyclic) bond motifs is 2. The molecule has 3 heterocycles. The number of amides is 2. The maximum Gasteiger partial charge on any atom is 0.307 e. The van der Waals surface area contributed by atoms with E-state index in [1.807, 2.05) is 35.0 Å². The van der Waals surface area contributed by atoms with Crippen LogP contribution in [0.5, 0.6) is 0 Å². The highest BCUT2D eigenvalue weighted by molar-refractivity contribution is 6.01. The van der Waals surface area contributed by atoms with Crippen LogP contribution < -0.4 is 5.43 Å². The highest BCUT2D eigenvalue weighted by Crippen LogP contribution is 2.24. The standard InChI is InChI=1S/C24H21N5O6/c30-23(27-7-9-34-10-8-27)15-28-14-17(19-3-1-2-4-20(19)28)13-25-26-24(31)22-12-16-11-18(29(32)33)5-6-21(16)35-22/h1-6,11-14H,7-10,15H2,(H,26,31)/b25-13-. The molecule has 0 atom stereocenters. The normalized spacial score (nSPS) is 14.1. The van der Waals surface area contributed by atoms with Crippen molar-refractivity contribution in [1.29, 1.82) is 0 Å². The lowest BCUT2D eigenvalue weighted by molar-refractivity contribution is -0.384. The predicted molar refractivity (Wildman–Crippen MR) is 127 cm³/mol. The molecule has 1 N–H and O–H groups in total. The number of hydrogen-bond donors (Lipinski definition) is 1. The van der Waals surface area contributed by atoms with Crippen molar-refractivity contribution >= 4 is 45.6 Å². The average Bonchev–Trinajstić information content (AvgIpc) is 3.46. The van der Waals surface area contributed by atoms with Gasteiger partial charge in [-0.25, -0.2) is 5.43 Å². The minimum atomic E-state index is -0.591. The summed E-state index contributed by atoms with van der Waals surface area (Å²) < 4.78 is 12.7. The number of furan rings is 1. The monoisotopic (exact) mass is 475 g/mol. The highest BCUT2D eigenvalue weighted by atomic mass is 16.6. The molecule has 1 aliphatic rings. The fraction of sp³-hybridized carbons (Fsp3) is 0.208. The van der Waals surface area contributed by atoms with E-state index in [1.165, 1.54) is 30.5 Å². The van der Waals surface area contributed by atoms with Gasteiger partial charge in [0.1, 0.15) is 12.1 Å². The topological polar surface area (TPSA) is 132 Å². The lowest BCUT2D eigenvalue weighted by atomic mass is 10.2. The number of nitro benzene ring substituents is 1. The Morgan fingerprint density at radius 1 is 1.14 bits per heavy atom. The Hall–Kier alpha value is -4.51. The van der Waals surface area contributed by atoms with Crippen molar-refractivity contribution in [2.75, 3.05) is 26.3 Å². The molecule has 0 unspecified atom stereocenters. The molecule has 11 heteroatoms. The predicted octanol–water partition coefficient (Wildman–Crippen LogP) is 2.92. The van der Waals surface area contributed by atoms with Gasteiger partial charge in [-0.15, -0.1) is 0 Å². The Bertz CT molecular complexity index is 1460. The fourth-order valence-electron chi connectivity index (χ4n) is 4.04. The van der Waals surface area contributed by atoms with Crippen molar-refractivity contribution in [3.63, 3.8) is 0 Å². The van der Waals surface area contributed by atoms with Gasteiger partial charge in [0.05, 0.1) is 24.4 Å². The van der Waals surface area contributed by atoms with E-state index in [0.717, 1.165) is 16.5 Å². The zero-order valence-corrected chi connectivity index (χ0v) is 18.5. The Balaban J connectivity index is 1.32. The molecule has 0 bridgehead atoms. The molecule has 1 fully saturated rings. The number of non-ortho nitro benzene ring substituents is 1. The van der Waals surface area contributed by atoms with E-state index in [0.29, 0.717) is 37.3 Å². The molecule has 0 spiro atoms. The van der Waals surface area contributed by atoms with Crippen LogP contribution in [0.4, 0.5) is 5.69 Å². The molecule has 2 amide bonds. The molecule has 11 nitrogen and oxygen atoms in total. The molecule has 2 aromatic heterocycles. The first kappa shape index (κ1) is 22.3. The van der Waals surface area contributed by atoms with E-state index < -0.39 is 10.8 Å². The summed E-state index contributed by atoms with van der Waals surface area (Å²) in [5.41, 5.74) is 4.29. The van der Waals surface area contributed by atoms with Crippen molar-refractivity contribution in [1.82, 2.24) is 14.9 Å². The van der Waals surface area contributed by atoms with Gasteiger partial charge < -0.3 is 18.6 Å². The summed E-state index contributed by atoms with van der Waals surface area (Å²) in [5.74, 6) is -0.599. The molecule has 0 saturated carbocycles. The molecular formula is C24H21N5O6. The van der Waals surface area contributed by atoms with Crippen LogP contribution in [0.3, 0.4) is 0 Å². The highest BCUT2D eigenvalue weighted by Gasteiger charge is 2.19. The number of rotatable bonds is 6. The zero-order chi connectivity index (χ0) is 24.4. The number of hydrogen-bond acceptors (Lipinski definition) is 7. The number of morpholine rings is 1. The summed E-state index contributed by atoms with van der Waals surface area (Å²) in [6, 6.07) is 13.1. The third-order valence-corrected chi connectivity index (χ3v) is 5.79. The Labute approximate surface area is 198 Å². The van der Waals surface area contributed by atoms with E-state index in [4.69, 9.17) is 9.15 Å². The molecule has 5 rings (SSSR count). The molecule has 1 aliphatic heterocycles. The number of carbonyl (C=O) groups is 2. The Morgan fingerprint density at radius 2 is 1.94 bits per heavy atom. The third-order valence-electron chi connectivity index (χ3n) is 5.79. The average molecular weight is 475 g/mol.